The molecule has 0 unspecified atom stereocenters. The first kappa shape index (κ1) is 9.31. The van der Waals surface area contributed by atoms with Crippen LogP contribution in [-0.4, -0.2) is 11.2 Å². The van der Waals surface area contributed by atoms with E-state index in [0.717, 1.165) is 35.8 Å². The van der Waals surface area contributed by atoms with Crippen molar-refractivity contribution < 1.29 is 9.32 Å². The van der Waals surface area contributed by atoms with Crippen LogP contribution < -0.4 is 0 Å². The van der Waals surface area contributed by atoms with E-state index in [0.29, 0.717) is 0 Å². The number of rotatable bonds is 2. The van der Waals surface area contributed by atoms with Gasteiger partial charge >= 0.3 is 0 Å². The largest absolute Gasteiger partial charge is 0.356 e. The van der Waals surface area contributed by atoms with Gasteiger partial charge in [0, 0.05) is 5.39 Å². The fourth-order valence-corrected chi connectivity index (χ4v) is 2.34. The molecule has 0 bridgehead atoms. The third kappa shape index (κ3) is 1.14. The molecule has 0 aliphatic heterocycles. The van der Waals surface area contributed by atoms with Crippen molar-refractivity contribution in [2.45, 2.75) is 24.8 Å². The summed E-state index contributed by atoms with van der Waals surface area (Å²) in [4.78, 5) is 14.5. The normalized spacial score (nSPS) is 17.8. The minimum Gasteiger partial charge on any atom is -0.356 e. The van der Waals surface area contributed by atoms with Gasteiger partial charge in [0.1, 0.15) is 0 Å². The average molecular weight is 214 g/mol. The molecule has 4 heteroatoms. The molecule has 1 aliphatic rings. The zero-order valence-electron chi connectivity index (χ0n) is 8.64. The Labute approximate surface area is 92.0 Å². The maximum absolute atomic E-state index is 10.5. The van der Waals surface area contributed by atoms with Crippen LogP contribution in [0, 0.1) is 0 Å². The van der Waals surface area contributed by atoms with Gasteiger partial charge in [-0.15, -0.1) is 0 Å². The third-order valence-electron chi connectivity index (χ3n) is 3.34. The van der Waals surface area contributed by atoms with E-state index in [2.05, 4.69) is 10.1 Å². The van der Waals surface area contributed by atoms with Gasteiger partial charge in [-0.3, -0.25) is 0 Å². The second-order valence-corrected chi connectivity index (χ2v) is 4.13. The lowest BCUT2D eigenvalue weighted by molar-refractivity contribution is 0.258. The Kier molecular flexibility index (Phi) is 1.91. The van der Waals surface area contributed by atoms with E-state index in [4.69, 9.17) is 4.52 Å². The van der Waals surface area contributed by atoms with E-state index >= 15 is 0 Å². The first-order valence-electron chi connectivity index (χ1n) is 5.29. The van der Waals surface area contributed by atoms with Gasteiger partial charge in [0.05, 0.1) is 11.7 Å². The molecule has 1 saturated carbocycles. The fourth-order valence-electron chi connectivity index (χ4n) is 2.34. The standard InChI is InChI=1S/C12H10N2O2/c15-8-13-12(5-2-6-12)10-3-1-4-11-9(10)7-14-16-11/h1,3-4,7H,2,5-6H2. The van der Waals surface area contributed by atoms with Crippen LogP contribution in [0.25, 0.3) is 11.0 Å². The Morgan fingerprint density at radius 1 is 1.44 bits per heavy atom. The molecular formula is C12H10N2O2. The van der Waals surface area contributed by atoms with E-state index in [9.17, 15) is 4.79 Å². The molecule has 16 heavy (non-hydrogen) atoms. The van der Waals surface area contributed by atoms with Gasteiger partial charge in [0.15, 0.2) is 5.58 Å². The van der Waals surface area contributed by atoms with Crippen molar-refractivity contribution in [3.05, 3.63) is 30.0 Å². The van der Waals surface area contributed by atoms with Crippen LogP contribution in [0.1, 0.15) is 24.8 Å². The predicted octanol–water partition coefficient (Wildman–Crippen LogP) is 2.54. The van der Waals surface area contributed by atoms with Crippen LogP contribution in [-0.2, 0) is 10.3 Å². The van der Waals surface area contributed by atoms with E-state index in [-0.39, 0.29) is 5.54 Å². The van der Waals surface area contributed by atoms with Crippen molar-refractivity contribution in [3.8, 4) is 0 Å². The summed E-state index contributed by atoms with van der Waals surface area (Å²) in [7, 11) is 0. The Hall–Kier alpha value is -1.93. The van der Waals surface area contributed by atoms with Crippen molar-refractivity contribution in [1.29, 1.82) is 0 Å². The van der Waals surface area contributed by atoms with Gasteiger partial charge in [-0.1, -0.05) is 17.3 Å². The van der Waals surface area contributed by atoms with Crippen LogP contribution >= 0.6 is 0 Å². The summed E-state index contributed by atoms with van der Waals surface area (Å²) in [6, 6.07) is 5.76. The highest BCUT2D eigenvalue weighted by atomic mass is 16.5. The third-order valence-corrected chi connectivity index (χ3v) is 3.34. The molecule has 2 aromatic rings. The lowest BCUT2D eigenvalue weighted by Gasteiger charge is -2.37. The van der Waals surface area contributed by atoms with Gasteiger partial charge in [-0.05, 0) is 30.9 Å². The number of fused-ring (bicyclic) bond motifs is 1. The molecule has 3 rings (SSSR count). The van der Waals surface area contributed by atoms with Gasteiger partial charge < -0.3 is 4.52 Å². The van der Waals surface area contributed by atoms with E-state index in [1.165, 1.54) is 0 Å². The second-order valence-electron chi connectivity index (χ2n) is 4.13. The summed E-state index contributed by atoms with van der Waals surface area (Å²) in [6.07, 6.45) is 6.26. The smallest absolute Gasteiger partial charge is 0.235 e. The van der Waals surface area contributed by atoms with Gasteiger partial charge in [-0.25, -0.2) is 4.79 Å². The van der Waals surface area contributed by atoms with Crippen LogP contribution in [0.15, 0.2) is 33.9 Å². The van der Waals surface area contributed by atoms with E-state index in [1.54, 1.807) is 12.3 Å². The summed E-state index contributed by atoms with van der Waals surface area (Å²) in [6.45, 7) is 0. The molecule has 1 aromatic heterocycles. The van der Waals surface area contributed by atoms with Crippen molar-refractivity contribution in [1.82, 2.24) is 5.16 Å². The molecule has 1 heterocycles. The first-order chi connectivity index (χ1) is 7.86. The Bertz CT molecular complexity index is 577. The fraction of sp³-hybridized carbons (Fsp3) is 0.333. The number of nitrogens with zero attached hydrogens (tertiary/aromatic N) is 2. The molecule has 0 atom stereocenters. The van der Waals surface area contributed by atoms with Crippen molar-refractivity contribution in [2.24, 2.45) is 4.99 Å². The summed E-state index contributed by atoms with van der Waals surface area (Å²) in [5, 5.41) is 4.72. The van der Waals surface area contributed by atoms with Crippen molar-refractivity contribution >= 4 is 17.0 Å². The minimum absolute atomic E-state index is 0.382. The van der Waals surface area contributed by atoms with Gasteiger partial charge in [0.2, 0.25) is 6.08 Å². The van der Waals surface area contributed by atoms with Crippen LogP contribution in [0.2, 0.25) is 0 Å². The average Bonchev–Trinajstić information content (AvgIpc) is 2.71. The summed E-state index contributed by atoms with van der Waals surface area (Å²) >= 11 is 0. The summed E-state index contributed by atoms with van der Waals surface area (Å²) < 4.78 is 5.11. The van der Waals surface area contributed by atoms with Crippen molar-refractivity contribution in [2.75, 3.05) is 0 Å². The molecule has 80 valence electrons. The van der Waals surface area contributed by atoms with Gasteiger partial charge in [0.25, 0.3) is 0 Å². The molecule has 0 spiro atoms. The second kappa shape index (κ2) is 3.29. The Morgan fingerprint density at radius 2 is 2.31 bits per heavy atom. The molecular weight excluding hydrogens is 204 g/mol. The molecule has 0 N–H and O–H groups in total. The number of carbonyl (C=O) groups excluding carboxylic acids is 1. The summed E-state index contributed by atoms with van der Waals surface area (Å²) in [5.74, 6) is 0. The predicted molar refractivity (Wildman–Crippen MR) is 57.7 cm³/mol. The van der Waals surface area contributed by atoms with Crippen molar-refractivity contribution in [3.63, 3.8) is 0 Å². The number of aliphatic imine (C=N–C) groups is 1. The maximum atomic E-state index is 10.5. The molecule has 1 aliphatic carbocycles. The number of hydrogen-bond acceptors (Lipinski definition) is 4. The van der Waals surface area contributed by atoms with Gasteiger partial charge in [-0.2, -0.15) is 4.99 Å². The molecule has 1 aromatic carbocycles. The number of benzene rings is 1. The lowest BCUT2D eigenvalue weighted by Crippen LogP contribution is -2.31. The molecule has 1 fully saturated rings. The zero-order chi connectivity index (χ0) is 11.0. The minimum atomic E-state index is -0.382. The van der Waals surface area contributed by atoms with Crippen LogP contribution in [0.5, 0.6) is 0 Å². The SMILES string of the molecule is O=C=NC1(c2cccc3oncc23)CCC1. The number of aromatic nitrogens is 1. The Balaban J connectivity index is 2.24. The molecule has 0 radical (unpaired) electrons. The zero-order valence-corrected chi connectivity index (χ0v) is 8.64. The van der Waals surface area contributed by atoms with Crippen LogP contribution in [0.4, 0.5) is 0 Å². The highest BCUT2D eigenvalue weighted by Crippen LogP contribution is 2.46. The van der Waals surface area contributed by atoms with Crippen LogP contribution in [0.3, 0.4) is 0 Å². The topological polar surface area (TPSA) is 55.5 Å². The highest BCUT2D eigenvalue weighted by Gasteiger charge is 2.40. The van der Waals surface area contributed by atoms with E-state index in [1.807, 2.05) is 18.2 Å². The molecule has 0 amide bonds. The van der Waals surface area contributed by atoms with E-state index < -0.39 is 0 Å². The number of hydrogen-bond donors (Lipinski definition) is 0. The first-order valence-corrected chi connectivity index (χ1v) is 5.29. The monoisotopic (exact) mass is 214 g/mol. The summed E-state index contributed by atoms with van der Waals surface area (Å²) in [5.41, 5.74) is 1.39. The Morgan fingerprint density at radius 3 is 3.00 bits per heavy atom. The lowest BCUT2D eigenvalue weighted by atomic mass is 9.71. The quantitative estimate of drug-likeness (QED) is 0.570. The highest BCUT2D eigenvalue weighted by molar-refractivity contribution is 5.81. The maximum Gasteiger partial charge on any atom is 0.235 e. The number of isocyanates is 1. The molecule has 0 saturated heterocycles. The molecule has 4 nitrogen and oxygen atoms in total.